The Hall–Kier alpha value is -1.46. The van der Waals surface area contributed by atoms with Crippen LogP contribution >= 0.6 is 0 Å². The molecule has 19 heavy (non-hydrogen) atoms. The number of nitrogens with one attached hydrogen (secondary N) is 1. The van der Waals surface area contributed by atoms with Crippen molar-refractivity contribution in [3.8, 4) is 0 Å². The van der Waals surface area contributed by atoms with Crippen molar-refractivity contribution in [3.63, 3.8) is 0 Å². The van der Waals surface area contributed by atoms with E-state index in [0.29, 0.717) is 11.6 Å². The monoisotopic (exact) mass is 273 g/mol. The lowest BCUT2D eigenvalue weighted by molar-refractivity contribution is -0.141. The van der Waals surface area contributed by atoms with Crippen molar-refractivity contribution in [2.75, 3.05) is 11.1 Å². The molecule has 1 aromatic rings. The topological polar surface area (TPSA) is 50.9 Å². The Morgan fingerprint density at radius 1 is 1.32 bits per heavy atom. The SMILES string of the molecule is CC1CCCCC1Nc1cc(C(F)(F)F)ncc1N. The summed E-state index contributed by atoms with van der Waals surface area (Å²) in [6.45, 7) is 2.11. The zero-order valence-corrected chi connectivity index (χ0v) is 10.8. The lowest BCUT2D eigenvalue weighted by Gasteiger charge is -2.30. The molecule has 0 radical (unpaired) electrons. The van der Waals surface area contributed by atoms with E-state index < -0.39 is 11.9 Å². The summed E-state index contributed by atoms with van der Waals surface area (Å²) in [6, 6.07) is 1.18. The molecule has 106 valence electrons. The van der Waals surface area contributed by atoms with Crippen LogP contribution in [0.4, 0.5) is 24.5 Å². The number of aromatic nitrogens is 1. The van der Waals surface area contributed by atoms with E-state index in [1.165, 1.54) is 6.42 Å². The van der Waals surface area contributed by atoms with E-state index >= 15 is 0 Å². The Kier molecular flexibility index (Phi) is 3.87. The molecule has 3 nitrogen and oxygen atoms in total. The second kappa shape index (κ2) is 5.27. The number of hydrogen-bond donors (Lipinski definition) is 2. The van der Waals surface area contributed by atoms with Crippen LogP contribution < -0.4 is 11.1 Å². The predicted molar refractivity (Wildman–Crippen MR) is 68.7 cm³/mol. The van der Waals surface area contributed by atoms with Gasteiger partial charge in [-0.05, 0) is 24.8 Å². The number of pyridine rings is 1. The molecule has 0 aromatic carbocycles. The maximum absolute atomic E-state index is 12.6. The average Bonchev–Trinajstić information content (AvgIpc) is 2.33. The van der Waals surface area contributed by atoms with Crippen molar-refractivity contribution in [2.45, 2.75) is 44.8 Å². The fourth-order valence-electron chi connectivity index (χ4n) is 2.48. The molecule has 1 aliphatic carbocycles. The van der Waals surface area contributed by atoms with E-state index in [1.807, 2.05) is 0 Å². The summed E-state index contributed by atoms with van der Waals surface area (Å²) >= 11 is 0. The molecule has 1 aromatic heterocycles. The number of hydrogen-bond acceptors (Lipinski definition) is 3. The number of nitrogens with two attached hydrogens (primary N) is 1. The van der Waals surface area contributed by atoms with Crippen LogP contribution in [0.2, 0.25) is 0 Å². The first-order valence-corrected chi connectivity index (χ1v) is 6.47. The molecule has 2 atom stereocenters. The van der Waals surface area contributed by atoms with Crippen LogP contribution in [0, 0.1) is 5.92 Å². The third-order valence-electron chi connectivity index (χ3n) is 3.68. The van der Waals surface area contributed by atoms with Crippen LogP contribution in [0.5, 0.6) is 0 Å². The molecular formula is C13H18F3N3. The number of rotatable bonds is 2. The Bertz CT molecular complexity index is 445. The molecular weight excluding hydrogens is 255 g/mol. The summed E-state index contributed by atoms with van der Waals surface area (Å²) in [7, 11) is 0. The first kappa shape index (κ1) is 14.0. The normalized spacial score (nSPS) is 24.2. The lowest BCUT2D eigenvalue weighted by atomic mass is 9.86. The summed E-state index contributed by atoms with van der Waals surface area (Å²) < 4.78 is 37.9. The van der Waals surface area contributed by atoms with Crippen LogP contribution in [0.15, 0.2) is 12.3 Å². The van der Waals surface area contributed by atoms with Crippen molar-refractivity contribution in [1.29, 1.82) is 0 Å². The molecule has 1 saturated carbocycles. The van der Waals surface area contributed by atoms with Crippen molar-refractivity contribution in [3.05, 3.63) is 18.0 Å². The van der Waals surface area contributed by atoms with Gasteiger partial charge in [0.25, 0.3) is 0 Å². The molecule has 0 amide bonds. The van der Waals surface area contributed by atoms with Gasteiger partial charge in [0, 0.05) is 6.04 Å². The Morgan fingerprint density at radius 3 is 2.63 bits per heavy atom. The summed E-state index contributed by atoms with van der Waals surface area (Å²) in [5.74, 6) is 0.440. The maximum Gasteiger partial charge on any atom is 0.433 e. The molecule has 0 aliphatic heterocycles. The van der Waals surface area contributed by atoms with Crippen LogP contribution in [0.3, 0.4) is 0 Å². The van der Waals surface area contributed by atoms with E-state index in [-0.39, 0.29) is 11.7 Å². The molecule has 1 heterocycles. The van der Waals surface area contributed by atoms with Gasteiger partial charge in [0.2, 0.25) is 0 Å². The van der Waals surface area contributed by atoms with E-state index in [0.717, 1.165) is 31.5 Å². The van der Waals surface area contributed by atoms with Crippen molar-refractivity contribution in [2.24, 2.45) is 5.92 Å². The smallest absolute Gasteiger partial charge is 0.396 e. The van der Waals surface area contributed by atoms with Gasteiger partial charge in [0.1, 0.15) is 5.69 Å². The Balaban J connectivity index is 2.19. The van der Waals surface area contributed by atoms with Gasteiger partial charge in [0.05, 0.1) is 17.6 Å². The number of nitrogens with zero attached hydrogens (tertiary/aromatic N) is 1. The van der Waals surface area contributed by atoms with Crippen LogP contribution in [0.25, 0.3) is 0 Å². The number of halogens is 3. The second-order valence-corrected chi connectivity index (χ2v) is 5.17. The van der Waals surface area contributed by atoms with Crippen LogP contribution in [-0.4, -0.2) is 11.0 Å². The minimum Gasteiger partial charge on any atom is -0.396 e. The van der Waals surface area contributed by atoms with Gasteiger partial charge in [-0.3, -0.25) is 0 Å². The molecule has 2 rings (SSSR count). The molecule has 3 N–H and O–H groups in total. The lowest BCUT2D eigenvalue weighted by Crippen LogP contribution is -2.30. The minimum atomic E-state index is -4.44. The highest BCUT2D eigenvalue weighted by Gasteiger charge is 2.33. The van der Waals surface area contributed by atoms with Crippen molar-refractivity contribution < 1.29 is 13.2 Å². The van der Waals surface area contributed by atoms with Gasteiger partial charge in [-0.2, -0.15) is 13.2 Å². The molecule has 0 bridgehead atoms. The van der Waals surface area contributed by atoms with Gasteiger partial charge in [-0.25, -0.2) is 4.98 Å². The van der Waals surface area contributed by atoms with Gasteiger partial charge in [-0.15, -0.1) is 0 Å². The highest BCUT2D eigenvalue weighted by atomic mass is 19.4. The molecule has 0 saturated heterocycles. The van der Waals surface area contributed by atoms with Gasteiger partial charge >= 0.3 is 6.18 Å². The summed E-state index contributed by atoms with van der Waals surface area (Å²) in [5, 5.41) is 3.15. The van der Waals surface area contributed by atoms with Gasteiger partial charge < -0.3 is 11.1 Å². The Labute approximate surface area is 110 Å². The van der Waals surface area contributed by atoms with E-state index in [4.69, 9.17) is 5.73 Å². The molecule has 2 unspecified atom stereocenters. The minimum absolute atomic E-state index is 0.180. The fraction of sp³-hybridized carbons (Fsp3) is 0.615. The zero-order chi connectivity index (χ0) is 14.0. The predicted octanol–water partition coefficient (Wildman–Crippen LogP) is 3.67. The van der Waals surface area contributed by atoms with Gasteiger partial charge in [0.15, 0.2) is 0 Å². The number of alkyl halides is 3. The molecule has 6 heteroatoms. The van der Waals surface area contributed by atoms with E-state index in [1.54, 1.807) is 0 Å². The number of anilines is 2. The average molecular weight is 273 g/mol. The number of nitrogen functional groups attached to an aromatic ring is 1. The molecule has 1 fully saturated rings. The second-order valence-electron chi connectivity index (χ2n) is 5.17. The summed E-state index contributed by atoms with van der Waals surface area (Å²) in [5.41, 5.74) is 5.38. The van der Waals surface area contributed by atoms with E-state index in [2.05, 4.69) is 17.2 Å². The van der Waals surface area contributed by atoms with E-state index in [9.17, 15) is 13.2 Å². The van der Waals surface area contributed by atoms with Crippen LogP contribution in [-0.2, 0) is 6.18 Å². The standard InChI is InChI=1S/C13H18F3N3/c1-8-4-2-3-5-10(8)19-11-6-12(13(14,15)16)18-7-9(11)17/h6-8,10H,2-5,17H2,1H3,(H,18,19). The largest absolute Gasteiger partial charge is 0.433 e. The van der Waals surface area contributed by atoms with Crippen molar-refractivity contribution in [1.82, 2.24) is 4.98 Å². The highest BCUT2D eigenvalue weighted by Crippen LogP contribution is 2.33. The van der Waals surface area contributed by atoms with Gasteiger partial charge in [-0.1, -0.05) is 19.8 Å². The fourth-order valence-corrected chi connectivity index (χ4v) is 2.48. The maximum atomic E-state index is 12.6. The Morgan fingerprint density at radius 2 is 2.00 bits per heavy atom. The first-order chi connectivity index (χ1) is 8.88. The summed E-state index contributed by atoms with van der Waals surface area (Å²) in [4.78, 5) is 3.33. The third kappa shape index (κ3) is 3.30. The third-order valence-corrected chi connectivity index (χ3v) is 3.68. The summed E-state index contributed by atoms with van der Waals surface area (Å²) in [6.07, 6.45) is 0.956. The first-order valence-electron chi connectivity index (χ1n) is 6.47. The molecule has 1 aliphatic rings. The van der Waals surface area contributed by atoms with Crippen LogP contribution in [0.1, 0.15) is 38.3 Å². The van der Waals surface area contributed by atoms with Crippen molar-refractivity contribution >= 4 is 11.4 Å². The highest BCUT2D eigenvalue weighted by molar-refractivity contribution is 5.65. The zero-order valence-electron chi connectivity index (χ0n) is 10.8. The molecule has 0 spiro atoms. The quantitative estimate of drug-likeness (QED) is 0.864.